The molecule has 1 fully saturated rings. The Kier molecular flexibility index (Phi) is 6.40. The molecule has 0 bridgehead atoms. The average Bonchev–Trinajstić information content (AvgIpc) is 3.17. The van der Waals surface area contributed by atoms with E-state index in [1.54, 1.807) is 4.90 Å². The summed E-state index contributed by atoms with van der Waals surface area (Å²) >= 11 is 0. The second-order valence-electron chi connectivity index (χ2n) is 9.69. The van der Waals surface area contributed by atoms with Gasteiger partial charge in [0.05, 0.1) is 0 Å². The third-order valence-corrected chi connectivity index (χ3v) is 6.14. The van der Waals surface area contributed by atoms with Gasteiger partial charge < -0.3 is 19.9 Å². The van der Waals surface area contributed by atoms with Crippen LogP contribution in [0.1, 0.15) is 44.7 Å². The summed E-state index contributed by atoms with van der Waals surface area (Å²) in [6, 6.07) is 16.6. The fourth-order valence-corrected chi connectivity index (χ4v) is 4.44. The average molecular weight is 436 g/mol. The van der Waals surface area contributed by atoms with E-state index in [0.717, 1.165) is 30.8 Å². The van der Waals surface area contributed by atoms with Crippen LogP contribution in [0.4, 0.5) is 16.2 Å². The number of ether oxygens (including phenoxy) is 1. The highest BCUT2D eigenvalue weighted by molar-refractivity contribution is 5.93. The molecule has 1 N–H and O–H groups in total. The SMILES string of the molecule is CC(C)(C)OC(=O)N1CCC(C(=O)Nc2ccccc2CN2CCc3ccccc32)CC1. The van der Waals surface area contributed by atoms with Crippen LogP contribution in [0, 0.1) is 5.92 Å². The van der Waals surface area contributed by atoms with Crippen LogP contribution in [0.15, 0.2) is 48.5 Å². The van der Waals surface area contributed by atoms with Gasteiger partial charge in [0, 0.05) is 43.5 Å². The molecule has 2 aromatic rings. The molecule has 0 saturated carbocycles. The summed E-state index contributed by atoms with van der Waals surface area (Å²) in [6.07, 6.45) is 2.05. The Balaban J connectivity index is 1.35. The van der Waals surface area contributed by atoms with Gasteiger partial charge in [0.2, 0.25) is 5.91 Å². The van der Waals surface area contributed by atoms with Crippen molar-refractivity contribution in [2.45, 2.75) is 52.2 Å². The monoisotopic (exact) mass is 435 g/mol. The summed E-state index contributed by atoms with van der Waals surface area (Å²) in [5, 5.41) is 3.16. The van der Waals surface area contributed by atoms with E-state index >= 15 is 0 Å². The molecule has 0 unspecified atom stereocenters. The molecular formula is C26H33N3O3. The standard InChI is InChI=1S/C26H33N3O3/c1-26(2,3)32-25(31)28-15-13-20(14-16-28)24(30)27-22-10-6-4-9-21(22)18-29-17-12-19-8-5-7-11-23(19)29/h4-11,20H,12-18H2,1-3H3,(H,27,30). The maximum absolute atomic E-state index is 13.0. The molecule has 170 valence electrons. The molecule has 6 heteroatoms. The molecular weight excluding hydrogens is 402 g/mol. The number of amides is 2. The molecule has 6 nitrogen and oxygen atoms in total. The molecule has 0 radical (unpaired) electrons. The van der Waals surface area contributed by atoms with Crippen LogP contribution in [-0.2, 0) is 22.5 Å². The van der Waals surface area contributed by atoms with Crippen molar-refractivity contribution in [2.75, 3.05) is 29.9 Å². The summed E-state index contributed by atoms with van der Waals surface area (Å²) < 4.78 is 5.45. The van der Waals surface area contributed by atoms with Crippen LogP contribution in [0.3, 0.4) is 0 Å². The van der Waals surface area contributed by atoms with E-state index in [4.69, 9.17) is 4.74 Å². The van der Waals surface area contributed by atoms with E-state index < -0.39 is 5.60 Å². The van der Waals surface area contributed by atoms with Gasteiger partial charge in [-0.3, -0.25) is 4.79 Å². The predicted octanol–water partition coefficient (Wildman–Crippen LogP) is 4.83. The van der Waals surface area contributed by atoms with Gasteiger partial charge in [-0.05, 0) is 63.3 Å². The Morgan fingerprint density at radius 1 is 1.00 bits per heavy atom. The molecule has 2 aromatic carbocycles. The van der Waals surface area contributed by atoms with Crippen molar-refractivity contribution in [1.29, 1.82) is 0 Å². The van der Waals surface area contributed by atoms with Crippen LogP contribution >= 0.6 is 0 Å². The Morgan fingerprint density at radius 3 is 2.44 bits per heavy atom. The molecule has 2 heterocycles. The normalized spacial score (nSPS) is 16.6. The number of carbonyl (C=O) groups is 2. The van der Waals surface area contributed by atoms with Crippen molar-refractivity contribution in [3.63, 3.8) is 0 Å². The molecule has 32 heavy (non-hydrogen) atoms. The third kappa shape index (κ3) is 5.23. The minimum atomic E-state index is -0.509. The lowest BCUT2D eigenvalue weighted by molar-refractivity contribution is -0.121. The Hall–Kier alpha value is -3.02. The van der Waals surface area contributed by atoms with Crippen molar-refractivity contribution >= 4 is 23.4 Å². The zero-order valence-electron chi connectivity index (χ0n) is 19.3. The first kappa shape index (κ1) is 22.2. The maximum atomic E-state index is 13.0. The molecule has 0 aromatic heterocycles. The van der Waals surface area contributed by atoms with E-state index in [1.165, 1.54) is 11.3 Å². The van der Waals surface area contributed by atoms with E-state index in [9.17, 15) is 9.59 Å². The fraction of sp³-hybridized carbons (Fsp3) is 0.462. The second kappa shape index (κ2) is 9.23. The number of para-hydroxylation sites is 2. The van der Waals surface area contributed by atoms with Gasteiger partial charge in [-0.15, -0.1) is 0 Å². The zero-order chi connectivity index (χ0) is 22.7. The summed E-state index contributed by atoms with van der Waals surface area (Å²) in [6.45, 7) is 8.43. The fourth-order valence-electron chi connectivity index (χ4n) is 4.44. The summed E-state index contributed by atoms with van der Waals surface area (Å²) in [5.74, 6) is -0.0719. The van der Waals surface area contributed by atoms with Gasteiger partial charge in [-0.25, -0.2) is 4.79 Å². The van der Waals surface area contributed by atoms with Gasteiger partial charge in [0.1, 0.15) is 5.60 Å². The number of nitrogens with zero attached hydrogens (tertiary/aromatic N) is 2. The molecule has 2 aliphatic rings. The van der Waals surface area contributed by atoms with Gasteiger partial charge in [0.25, 0.3) is 0 Å². The number of hydrogen-bond donors (Lipinski definition) is 1. The largest absolute Gasteiger partial charge is 0.444 e. The van der Waals surface area contributed by atoms with E-state index in [1.807, 2.05) is 39.0 Å². The Bertz CT molecular complexity index is 974. The van der Waals surface area contributed by atoms with Gasteiger partial charge in [-0.1, -0.05) is 36.4 Å². The lowest BCUT2D eigenvalue weighted by atomic mass is 9.96. The molecule has 0 aliphatic carbocycles. The quantitative estimate of drug-likeness (QED) is 0.747. The predicted molar refractivity (Wildman–Crippen MR) is 127 cm³/mol. The van der Waals surface area contributed by atoms with E-state index in [0.29, 0.717) is 25.9 Å². The summed E-state index contributed by atoms with van der Waals surface area (Å²) in [7, 11) is 0. The highest BCUT2D eigenvalue weighted by Gasteiger charge is 2.30. The van der Waals surface area contributed by atoms with E-state index in [-0.39, 0.29) is 17.9 Å². The lowest BCUT2D eigenvalue weighted by Crippen LogP contribution is -2.43. The minimum Gasteiger partial charge on any atom is -0.444 e. The van der Waals surface area contributed by atoms with Crippen LogP contribution < -0.4 is 10.2 Å². The van der Waals surface area contributed by atoms with Crippen LogP contribution in [0.5, 0.6) is 0 Å². The van der Waals surface area contributed by atoms with Crippen molar-refractivity contribution in [1.82, 2.24) is 4.90 Å². The number of piperidine rings is 1. The number of rotatable bonds is 4. The van der Waals surface area contributed by atoms with Gasteiger partial charge in [-0.2, -0.15) is 0 Å². The summed E-state index contributed by atoms with van der Waals surface area (Å²) in [5.41, 5.74) is 4.14. The topological polar surface area (TPSA) is 61.9 Å². The molecule has 4 rings (SSSR count). The number of hydrogen-bond acceptors (Lipinski definition) is 4. The molecule has 0 atom stereocenters. The van der Waals surface area contributed by atoms with Crippen LogP contribution in [0.25, 0.3) is 0 Å². The van der Waals surface area contributed by atoms with Gasteiger partial charge >= 0.3 is 6.09 Å². The van der Waals surface area contributed by atoms with Crippen molar-refractivity contribution < 1.29 is 14.3 Å². The number of carbonyl (C=O) groups excluding carboxylic acids is 2. The first-order chi connectivity index (χ1) is 15.3. The number of anilines is 2. The summed E-state index contributed by atoms with van der Waals surface area (Å²) in [4.78, 5) is 29.4. The zero-order valence-corrected chi connectivity index (χ0v) is 19.3. The lowest BCUT2D eigenvalue weighted by Gasteiger charge is -2.33. The molecule has 2 amide bonds. The smallest absolute Gasteiger partial charge is 0.410 e. The first-order valence-electron chi connectivity index (χ1n) is 11.5. The van der Waals surface area contributed by atoms with E-state index in [2.05, 4.69) is 40.5 Å². The van der Waals surface area contributed by atoms with Crippen molar-refractivity contribution in [3.8, 4) is 0 Å². The highest BCUT2D eigenvalue weighted by Crippen LogP contribution is 2.30. The Labute approximate surface area is 190 Å². The van der Waals surface area contributed by atoms with Crippen molar-refractivity contribution in [2.24, 2.45) is 5.92 Å². The third-order valence-electron chi connectivity index (χ3n) is 6.14. The number of likely N-dealkylation sites (tertiary alicyclic amines) is 1. The molecule has 2 aliphatic heterocycles. The number of fused-ring (bicyclic) bond motifs is 1. The second-order valence-corrected chi connectivity index (χ2v) is 9.69. The first-order valence-corrected chi connectivity index (χ1v) is 11.5. The Morgan fingerprint density at radius 2 is 1.69 bits per heavy atom. The van der Waals surface area contributed by atoms with Crippen LogP contribution in [-0.4, -0.2) is 42.1 Å². The number of nitrogens with one attached hydrogen (secondary N) is 1. The maximum Gasteiger partial charge on any atom is 0.410 e. The minimum absolute atomic E-state index is 0.0307. The number of benzene rings is 2. The highest BCUT2D eigenvalue weighted by atomic mass is 16.6. The molecule has 0 spiro atoms. The van der Waals surface area contributed by atoms with Crippen molar-refractivity contribution in [3.05, 3.63) is 59.7 Å². The van der Waals surface area contributed by atoms with Crippen LogP contribution in [0.2, 0.25) is 0 Å². The molecule has 1 saturated heterocycles. The van der Waals surface area contributed by atoms with Gasteiger partial charge in [0.15, 0.2) is 0 Å².